The number of aromatic nitrogens is 3. The van der Waals surface area contributed by atoms with Crippen LogP contribution in [0.3, 0.4) is 0 Å². The van der Waals surface area contributed by atoms with Crippen molar-refractivity contribution in [3.8, 4) is 0 Å². The van der Waals surface area contributed by atoms with Crippen molar-refractivity contribution in [2.45, 2.75) is 32.2 Å². The molecule has 1 aliphatic rings. The lowest BCUT2D eigenvalue weighted by Gasteiger charge is -2.21. The van der Waals surface area contributed by atoms with Crippen molar-refractivity contribution in [2.75, 3.05) is 0 Å². The quantitative estimate of drug-likeness (QED) is 0.805. The molecule has 0 amide bonds. The molecule has 0 spiro atoms. The molecule has 4 nitrogen and oxygen atoms in total. The maximum absolute atomic E-state index is 6.32. The number of aryl methyl sites for hydroxylation is 1. The van der Waals surface area contributed by atoms with Crippen molar-refractivity contribution in [3.05, 3.63) is 23.7 Å². The highest BCUT2D eigenvalue weighted by atomic mass is 15.0. The molecule has 0 radical (unpaired) electrons. The van der Waals surface area contributed by atoms with Gasteiger partial charge in [0.1, 0.15) is 5.82 Å². The molecule has 4 heteroatoms. The number of nitrogens with two attached hydrogens (primary N) is 1. The van der Waals surface area contributed by atoms with Crippen LogP contribution < -0.4 is 5.73 Å². The number of nitrogens with zero attached hydrogens (tertiary/aromatic N) is 2. The molecule has 3 rings (SSSR count). The standard InChI is InChI=1S/C12H16N4/c1-7-5-9-10(14-6-7)16-11(15-9)12(2,13)8-3-4-8/h5-6,8H,3-4,13H2,1-2H3,(H,14,15,16). The first-order valence-electron chi connectivity index (χ1n) is 5.69. The van der Waals surface area contributed by atoms with Crippen LogP contribution in [0.2, 0.25) is 0 Å². The van der Waals surface area contributed by atoms with E-state index >= 15 is 0 Å². The number of imidazole rings is 1. The first-order valence-corrected chi connectivity index (χ1v) is 5.69. The first-order chi connectivity index (χ1) is 7.57. The molecule has 16 heavy (non-hydrogen) atoms. The highest BCUT2D eigenvalue weighted by Gasteiger charge is 2.41. The lowest BCUT2D eigenvalue weighted by atomic mass is 9.97. The van der Waals surface area contributed by atoms with Gasteiger partial charge >= 0.3 is 0 Å². The molecule has 1 unspecified atom stereocenters. The van der Waals surface area contributed by atoms with Gasteiger partial charge in [-0.25, -0.2) is 9.97 Å². The van der Waals surface area contributed by atoms with E-state index < -0.39 is 0 Å². The molecule has 1 aliphatic carbocycles. The minimum Gasteiger partial charge on any atom is -0.339 e. The van der Waals surface area contributed by atoms with Crippen LogP contribution in [0.4, 0.5) is 0 Å². The molecule has 1 atom stereocenters. The molecule has 0 bridgehead atoms. The largest absolute Gasteiger partial charge is 0.339 e. The average Bonchev–Trinajstić information content (AvgIpc) is 2.99. The van der Waals surface area contributed by atoms with E-state index in [-0.39, 0.29) is 5.54 Å². The summed E-state index contributed by atoms with van der Waals surface area (Å²) < 4.78 is 0. The van der Waals surface area contributed by atoms with Gasteiger partial charge in [-0.15, -0.1) is 0 Å². The summed E-state index contributed by atoms with van der Waals surface area (Å²) in [4.78, 5) is 12.1. The maximum Gasteiger partial charge on any atom is 0.177 e. The summed E-state index contributed by atoms with van der Waals surface area (Å²) in [5, 5.41) is 0. The smallest absolute Gasteiger partial charge is 0.177 e. The SMILES string of the molecule is Cc1cnc2nc(C(C)(N)C3CC3)[nH]c2c1. The van der Waals surface area contributed by atoms with Gasteiger partial charge in [-0.05, 0) is 44.2 Å². The predicted molar refractivity (Wildman–Crippen MR) is 62.9 cm³/mol. The Balaban J connectivity index is 2.11. The topological polar surface area (TPSA) is 67.6 Å². The molecular formula is C12H16N4. The molecular weight excluding hydrogens is 200 g/mol. The molecule has 84 valence electrons. The normalized spacial score (nSPS) is 19.9. The van der Waals surface area contributed by atoms with Gasteiger partial charge in [-0.1, -0.05) is 0 Å². The third-order valence-electron chi connectivity index (χ3n) is 3.41. The fraction of sp³-hybridized carbons (Fsp3) is 0.500. The van der Waals surface area contributed by atoms with Crippen LogP contribution in [0.5, 0.6) is 0 Å². The Morgan fingerprint density at radius 2 is 2.25 bits per heavy atom. The molecule has 1 fully saturated rings. The summed E-state index contributed by atoms with van der Waals surface area (Å²) >= 11 is 0. The van der Waals surface area contributed by atoms with Crippen LogP contribution >= 0.6 is 0 Å². The van der Waals surface area contributed by atoms with Crippen LogP contribution in [-0.2, 0) is 5.54 Å². The zero-order chi connectivity index (χ0) is 11.3. The van der Waals surface area contributed by atoms with E-state index in [0.717, 1.165) is 22.6 Å². The number of H-pyrrole nitrogens is 1. The number of nitrogens with one attached hydrogen (secondary N) is 1. The summed E-state index contributed by atoms with van der Waals surface area (Å²) in [5.41, 5.74) is 8.86. The number of aromatic amines is 1. The Morgan fingerprint density at radius 3 is 2.94 bits per heavy atom. The van der Waals surface area contributed by atoms with Gasteiger partial charge in [0.25, 0.3) is 0 Å². The van der Waals surface area contributed by atoms with Crippen molar-refractivity contribution in [1.82, 2.24) is 15.0 Å². The zero-order valence-electron chi connectivity index (χ0n) is 9.62. The number of hydrogen-bond acceptors (Lipinski definition) is 3. The lowest BCUT2D eigenvalue weighted by Crippen LogP contribution is -2.36. The van der Waals surface area contributed by atoms with Crippen LogP contribution in [0.15, 0.2) is 12.3 Å². The van der Waals surface area contributed by atoms with Crippen LogP contribution in [-0.4, -0.2) is 15.0 Å². The molecule has 1 saturated carbocycles. The molecule has 2 aromatic rings. The summed E-state index contributed by atoms with van der Waals surface area (Å²) in [6, 6.07) is 2.06. The Morgan fingerprint density at radius 1 is 1.50 bits per heavy atom. The second kappa shape index (κ2) is 3.04. The van der Waals surface area contributed by atoms with Gasteiger partial charge in [0, 0.05) is 6.20 Å². The van der Waals surface area contributed by atoms with E-state index in [0.29, 0.717) is 5.92 Å². The molecule has 2 aromatic heterocycles. The van der Waals surface area contributed by atoms with E-state index in [9.17, 15) is 0 Å². The van der Waals surface area contributed by atoms with E-state index in [1.165, 1.54) is 12.8 Å². The first kappa shape index (κ1) is 9.78. The van der Waals surface area contributed by atoms with E-state index in [1.807, 2.05) is 13.1 Å². The fourth-order valence-corrected chi connectivity index (χ4v) is 2.14. The van der Waals surface area contributed by atoms with Crippen molar-refractivity contribution in [3.63, 3.8) is 0 Å². The Kier molecular flexibility index (Phi) is 1.86. The van der Waals surface area contributed by atoms with Gasteiger partial charge in [-0.3, -0.25) is 0 Å². The van der Waals surface area contributed by atoms with Gasteiger partial charge in [-0.2, -0.15) is 0 Å². The van der Waals surface area contributed by atoms with Gasteiger partial charge in [0.15, 0.2) is 5.65 Å². The van der Waals surface area contributed by atoms with Gasteiger partial charge in [0.2, 0.25) is 0 Å². The van der Waals surface area contributed by atoms with E-state index in [2.05, 4.69) is 27.9 Å². The van der Waals surface area contributed by atoms with Crippen molar-refractivity contribution < 1.29 is 0 Å². The third kappa shape index (κ3) is 1.41. The summed E-state index contributed by atoms with van der Waals surface area (Å²) in [6.45, 7) is 4.07. The highest BCUT2D eigenvalue weighted by molar-refractivity contribution is 5.71. The average molecular weight is 216 g/mol. The molecule has 3 N–H and O–H groups in total. The second-order valence-corrected chi connectivity index (χ2v) is 5.03. The van der Waals surface area contributed by atoms with Crippen LogP contribution in [0.25, 0.3) is 11.2 Å². The highest BCUT2D eigenvalue weighted by Crippen LogP contribution is 2.43. The summed E-state index contributed by atoms with van der Waals surface area (Å²) in [6.07, 6.45) is 4.24. The Labute approximate surface area is 94.3 Å². The minimum absolute atomic E-state index is 0.339. The van der Waals surface area contributed by atoms with Crippen molar-refractivity contribution in [1.29, 1.82) is 0 Å². The van der Waals surface area contributed by atoms with E-state index in [1.54, 1.807) is 0 Å². The molecule has 0 saturated heterocycles. The fourth-order valence-electron chi connectivity index (χ4n) is 2.14. The van der Waals surface area contributed by atoms with Gasteiger partial charge in [0.05, 0.1) is 11.1 Å². The lowest BCUT2D eigenvalue weighted by molar-refractivity contribution is 0.405. The van der Waals surface area contributed by atoms with Crippen LogP contribution in [0, 0.1) is 12.8 Å². The summed E-state index contributed by atoms with van der Waals surface area (Å²) in [7, 11) is 0. The molecule has 0 aliphatic heterocycles. The number of fused-ring (bicyclic) bond motifs is 1. The molecule has 0 aromatic carbocycles. The Bertz CT molecular complexity index is 537. The van der Waals surface area contributed by atoms with E-state index in [4.69, 9.17) is 5.73 Å². The third-order valence-corrected chi connectivity index (χ3v) is 3.41. The monoisotopic (exact) mass is 216 g/mol. The second-order valence-electron chi connectivity index (χ2n) is 5.03. The van der Waals surface area contributed by atoms with Crippen molar-refractivity contribution >= 4 is 11.2 Å². The predicted octanol–water partition coefficient (Wildman–Crippen LogP) is 1.85. The van der Waals surface area contributed by atoms with Crippen LogP contribution in [0.1, 0.15) is 31.2 Å². The zero-order valence-corrected chi connectivity index (χ0v) is 9.62. The Hall–Kier alpha value is -1.42. The maximum atomic E-state index is 6.32. The number of pyridine rings is 1. The van der Waals surface area contributed by atoms with Crippen molar-refractivity contribution in [2.24, 2.45) is 11.7 Å². The number of hydrogen-bond donors (Lipinski definition) is 2. The minimum atomic E-state index is -0.339. The number of rotatable bonds is 2. The van der Waals surface area contributed by atoms with Gasteiger partial charge < -0.3 is 10.7 Å². The molecule has 2 heterocycles. The summed E-state index contributed by atoms with van der Waals surface area (Å²) in [5.74, 6) is 1.43.